The predicted octanol–water partition coefficient (Wildman–Crippen LogP) is 0.757. The van der Waals surface area contributed by atoms with Gasteiger partial charge in [0.25, 0.3) is 5.91 Å². The van der Waals surface area contributed by atoms with E-state index in [2.05, 4.69) is 20.2 Å². The lowest BCUT2D eigenvalue weighted by atomic mass is 9.86. The number of rotatable bonds is 1. The van der Waals surface area contributed by atoms with Crippen LogP contribution in [0.1, 0.15) is 42.0 Å². The summed E-state index contributed by atoms with van der Waals surface area (Å²) in [6, 6.07) is 0. The first kappa shape index (κ1) is 20.0. The van der Waals surface area contributed by atoms with Gasteiger partial charge in [-0.1, -0.05) is 0 Å². The van der Waals surface area contributed by atoms with Gasteiger partial charge < -0.3 is 20.1 Å². The van der Waals surface area contributed by atoms with E-state index in [0.717, 1.165) is 57.6 Å². The molecule has 2 fully saturated rings. The highest BCUT2D eigenvalue weighted by Crippen LogP contribution is 2.36. The largest absolute Gasteiger partial charge is 0.354 e. The number of piperidine rings is 1. The van der Waals surface area contributed by atoms with Crippen LogP contribution in [-0.4, -0.2) is 58.0 Å². The van der Waals surface area contributed by atoms with Crippen LogP contribution in [-0.2, 0) is 17.8 Å². The second-order valence-corrected chi connectivity index (χ2v) is 6.69. The molecule has 1 atom stereocenters. The van der Waals surface area contributed by atoms with Crippen molar-refractivity contribution < 1.29 is 9.59 Å². The second kappa shape index (κ2) is 7.93. The zero-order valence-corrected chi connectivity index (χ0v) is 15.8. The molecule has 3 aliphatic heterocycles. The normalized spacial score (nSPS) is 25.4. The first-order valence-electron chi connectivity index (χ1n) is 8.58. The lowest BCUT2D eigenvalue weighted by molar-refractivity contribution is -0.133. The molecule has 1 unspecified atom stereocenters. The van der Waals surface area contributed by atoms with Gasteiger partial charge in [-0.05, 0) is 25.7 Å². The van der Waals surface area contributed by atoms with Crippen molar-refractivity contribution in [3.8, 4) is 0 Å². The second-order valence-electron chi connectivity index (χ2n) is 6.69. The smallest absolute Gasteiger partial charge is 0.274 e. The molecule has 1 aromatic rings. The van der Waals surface area contributed by atoms with E-state index in [4.69, 9.17) is 0 Å². The number of hydrogen-bond donors (Lipinski definition) is 2. The van der Waals surface area contributed by atoms with E-state index in [1.165, 1.54) is 0 Å². The number of imidazole rings is 1. The van der Waals surface area contributed by atoms with Crippen LogP contribution in [0.15, 0.2) is 6.20 Å². The van der Waals surface area contributed by atoms with Gasteiger partial charge in [-0.15, -0.1) is 24.8 Å². The molecule has 3 aliphatic rings. The van der Waals surface area contributed by atoms with Crippen molar-refractivity contribution in [3.05, 3.63) is 17.7 Å². The number of aromatic nitrogens is 2. The molecular formula is C16H25Cl2N5O2. The third kappa shape index (κ3) is 3.37. The Hall–Kier alpha value is -1.31. The maximum atomic E-state index is 13.0. The highest BCUT2D eigenvalue weighted by atomic mass is 35.5. The van der Waals surface area contributed by atoms with Crippen LogP contribution in [0.3, 0.4) is 0 Å². The first-order valence-corrected chi connectivity index (χ1v) is 8.58. The van der Waals surface area contributed by atoms with Crippen molar-refractivity contribution in [3.63, 3.8) is 0 Å². The van der Waals surface area contributed by atoms with Crippen LogP contribution in [0.4, 0.5) is 0 Å². The van der Waals surface area contributed by atoms with Gasteiger partial charge >= 0.3 is 0 Å². The summed E-state index contributed by atoms with van der Waals surface area (Å²) in [7, 11) is 0. The number of carbonyl (C=O) groups is 2. The summed E-state index contributed by atoms with van der Waals surface area (Å²) in [4.78, 5) is 31.8. The van der Waals surface area contributed by atoms with E-state index in [9.17, 15) is 9.59 Å². The zero-order valence-electron chi connectivity index (χ0n) is 14.1. The van der Waals surface area contributed by atoms with Crippen LogP contribution in [0.5, 0.6) is 0 Å². The fourth-order valence-corrected chi connectivity index (χ4v) is 4.14. The van der Waals surface area contributed by atoms with E-state index in [1.54, 1.807) is 4.90 Å². The minimum Gasteiger partial charge on any atom is -0.354 e. The Bertz CT molecular complexity index is 627. The van der Waals surface area contributed by atoms with Crippen molar-refractivity contribution in [2.45, 2.75) is 44.2 Å². The highest BCUT2D eigenvalue weighted by molar-refractivity contribution is 5.98. The van der Waals surface area contributed by atoms with Crippen molar-refractivity contribution in [2.24, 2.45) is 0 Å². The third-order valence-electron chi connectivity index (χ3n) is 5.34. The zero-order chi connectivity index (χ0) is 15.9. The fraction of sp³-hybridized carbons (Fsp3) is 0.688. The quantitative estimate of drug-likeness (QED) is 0.742. The Kier molecular flexibility index (Phi) is 6.35. The van der Waals surface area contributed by atoms with Gasteiger partial charge in [-0.25, -0.2) is 4.98 Å². The number of nitrogens with one attached hydrogen (secondary N) is 2. The average Bonchev–Trinajstić information content (AvgIpc) is 3.09. The molecule has 0 radical (unpaired) electrons. The van der Waals surface area contributed by atoms with Gasteiger partial charge in [0.2, 0.25) is 5.91 Å². The Morgan fingerprint density at radius 1 is 1.12 bits per heavy atom. The molecule has 0 aromatic carbocycles. The summed E-state index contributed by atoms with van der Waals surface area (Å²) in [6.07, 6.45) is 6.04. The lowest BCUT2D eigenvalue weighted by Gasteiger charge is -2.39. The molecule has 0 bridgehead atoms. The summed E-state index contributed by atoms with van der Waals surface area (Å²) in [5, 5.41) is 6.27. The highest BCUT2D eigenvalue weighted by Gasteiger charge is 2.50. The molecule has 1 spiro atoms. The summed E-state index contributed by atoms with van der Waals surface area (Å²) in [5.74, 6) is 0.882. The van der Waals surface area contributed by atoms with Crippen molar-refractivity contribution in [1.82, 2.24) is 25.1 Å². The number of halogens is 2. The summed E-state index contributed by atoms with van der Waals surface area (Å²) in [5.41, 5.74) is -0.153. The number of hydrogen-bond acceptors (Lipinski definition) is 4. The lowest BCUT2D eigenvalue weighted by Crippen LogP contribution is -2.60. The molecule has 25 heavy (non-hydrogen) atoms. The molecule has 140 valence electrons. The average molecular weight is 390 g/mol. The van der Waals surface area contributed by atoms with Crippen molar-refractivity contribution in [2.75, 3.05) is 26.2 Å². The molecule has 0 aliphatic carbocycles. The maximum Gasteiger partial charge on any atom is 0.274 e. The first-order chi connectivity index (χ1) is 11.2. The topological polar surface area (TPSA) is 79.3 Å². The Balaban J connectivity index is 0.00000113. The molecular weight excluding hydrogens is 365 g/mol. The predicted molar refractivity (Wildman–Crippen MR) is 98.5 cm³/mol. The number of amides is 2. The van der Waals surface area contributed by atoms with E-state index in [-0.39, 0.29) is 36.6 Å². The molecule has 9 heteroatoms. The van der Waals surface area contributed by atoms with E-state index < -0.39 is 5.54 Å². The summed E-state index contributed by atoms with van der Waals surface area (Å²) >= 11 is 0. The summed E-state index contributed by atoms with van der Waals surface area (Å²) < 4.78 is 2.07. The van der Waals surface area contributed by atoms with Gasteiger partial charge in [0, 0.05) is 45.3 Å². The molecule has 2 saturated heterocycles. The maximum absolute atomic E-state index is 13.0. The van der Waals surface area contributed by atoms with Gasteiger partial charge in [-0.2, -0.15) is 0 Å². The molecule has 2 N–H and O–H groups in total. The monoisotopic (exact) mass is 389 g/mol. The Morgan fingerprint density at radius 2 is 1.92 bits per heavy atom. The number of nitrogens with zero attached hydrogens (tertiary/aromatic N) is 3. The molecule has 2 amide bonds. The minimum atomic E-state index is -0.641. The third-order valence-corrected chi connectivity index (χ3v) is 5.34. The molecule has 4 heterocycles. The Morgan fingerprint density at radius 3 is 2.72 bits per heavy atom. The van der Waals surface area contributed by atoms with Gasteiger partial charge in [0.05, 0.1) is 0 Å². The molecule has 1 aromatic heterocycles. The van der Waals surface area contributed by atoms with Gasteiger partial charge in [0.15, 0.2) is 0 Å². The van der Waals surface area contributed by atoms with Crippen molar-refractivity contribution >= 4 is 36.6 Å². The van der Waals surface area contributed by atoms with E-state index in [1.807, 2.05) is 6.20 Å². The minimum absolute atomic E-state index is 0. The molecule has 7 nitrogen and oxygen atoms in total. The van der Waals surface area contributed by atoms with Crippen LogP contribution >= 0.6 is 24.8 Å². The van der Waals surface area contributed by atoms with Crippen LogP contribution < -0.4 is 10.6 Å². The van der Waals surface area contributed by atoms with Crippen molar-refractivity contribution in [1.29, 1.82) is 0 Å². The van der Waals surface area contributed by atoms with Gasteiger partial charge in [-0.3, -0.25) is 9.59 Å². The SMILES string of the molecule is Cl.Cl.O=C(c1cn2c(n1)CCNCC2)N1CCCC12CCCNC2=O. The fourth-order valence-electron chi connectivity index (χ4n) is 4.14. The van der Waals surface area contributed by atoms with Crippen LogP contribution in [0.2, 0.25) is 0 Å². The van der Waals surface area contributed by atoms with Crippen LogP contribution in [0.25, 0.3) is 0 Å². The number of likely N-dealkylation sites (tertiary alicyclic amines) is 1. The molecule has 4 rings (SSSR count). The van der Waals surface area contributed by atoms with E-state index >= 15 is 0 Å². The number of fused-ring (bicyclic) bond motifs is 1. The molecule has 0 saturated carbocycles. The standard InChI is InChI=1S/C16H23N5O2.2ClH/c22-14(12-11-20-10-8-17-7-3-13(20)19-12)21-9-2-5-16(21)4-1-6-18-15(16)23;;/h11,17H,1-10H2,(H,18,23);2*1H. The van der Waals surface area contributed by atoms with E-state index in [0.29, 0.717) is 18.8 Å². The Labute approximate surface area is 159 Å². The summed E-state index contributed by atoms with van der Waals surface area (Å²) in [6.45, 7) is 3.99. The van der Waals surface area contributed by atoms with Gasteiger partial charge in [0.1, 0.15) is 17.1 Å². The van der Waals surface area contributed by atoms with Crippen LogP contribution in [0, 0.1) is 0 Å². The number of carbonyl (C=O) groups excluding carboxylic acids is 2.